The predicted molar refractivity (Wildman–Crippen MR) is 406 cm³/mol. The van der Waals surface area contributed by atoms with Crippen LogP contribution in [0.1, 0.15) is 118 Å². The molecule has 2 N–H and O–H groups in total. The number of halogens is 1. The van der Waals surface area contributed by atoms with Crippen molar-refractivity contribution in [3.05, 3.63) is 171 Å². The first-order valence-corrected chi connectivity index (χ1v) is 37.8. The Morgan fingerprint density at radius 1 is 0.421 bits per heavy atom. The van der Waals surface area contributed by atoms with Gasteiger partial charge in [-0.05, 0) is 106 Å². The lowest BCUT2D eigenvalue weighted by atomic mass is 10.1. The van der Waals surface area contributed by atoms with Crippen molar-refractivity contribution < 1.29 is 43.2 Å². The molecule has 0 unspecified atom stereocenters. The van der Waals surface area contributed by atoms with Gasteiger partial charge in [-0.15, -0.1) is 0 Å². The smallest absolute Gasteiger partial charge is 0.410 e. The van der Waals surface area contributed by atoms with Gasteiger partial charge in [-0.3, -0.25) is 0 Å². The van der Waals surface area contributed by atoms with Crippen LogP contribution in [0.4, 0.5) is 31.8 Å². The number of aliphatic hydroxyl groups is 1. The summed E-state index contributed by atoms with van der Waals surface area (Å²) in [4.78, 5) is 68.5. The summed E-state index contributed by atoms with van der Waals surface area (Å²) in [5, 5.41) is 31.5. The molecule has 3 amide bonds. The third-order valence-electron chi connectivity index (χ3n) is 19.6. The van der Waals surface area contributed by atoms with Crippen molar-refractivity contribution in [3.63, 3.8) is 0 Å². The summed E-state index contributed by atoms with van der Waals surface area (Å²) >= 11 is 6.43. The number of nitrogens with one attached hydrogen (secondary N) is 1. The van der Waals surface area contributed by atoms with E-state index in [0.717, 1.165) is 121 Å². The molecule has 8 aromatic heterocycles. The van der Waals surface area contributed by atoms with Gasteiger partial charge >= 0.3 is 18.3 Å². The zero-order chi connectivity index (χ0) is 74.7. The highest BCUT2D eigenvalue weighted by Gasteiger charge is 2.38. The Morgan fingerprint density at radius 3 is 1.12 bits per heavy atom. The summed E-state index contributed by atoms with van der Waals surface area (Å²) < 4.78 is 36.2. The Bertz CT molecular complexity index is 4780. The van der Waals surface area contributed by atoms with Gasteiger partial charge in [0, 0.05) is 157 Å². The Hall–Kier alpha value is -9.74. The van der Waals surface area contributed by atoms with Crippen LogP contribution in [0.2, 0.25) is 5.15 Å². The molecule has 15 heterocycles. The van der Waals surface area contributed by atoms with Gasteiger partial charge in [0.1, 0.15) is 39.4 Å². The summed E-state index contributed by atoms with van der Waals surface area (Å²) in [7, 11) is 0. The van der Waals surface area contributed by atoms with E-state index in [-0.39, 0.29) is 36.6 Å². The van der Waals surface area contributed by atoms with Gasteiger partial charge in [0.15, 0.2) is 22.6 Å². The van der Waals surface area contributed by atoms with Crippen molar-refractivity contribution >= 4 is 69.9 Å². The fourth-order valence-electron chi connectivity index (χ4n) is 14.3. The van der Waals surface area contributed by atoms with E-state index in [4.69, 9.17) is 50.2 Å². The second kappa shape index (κ2) is 31.6. The van der Waals surface area contributed by atoms with Gasteiger partial charge in [-0.1, -0.05) is 72.3 Å². The number of β-amino-alcohol motifs (C(OH)–C–C–N with tert-alkyl or cyclic N) is 1. The lowest BCUT2D eigenvalue weighted by molar-refractivity contribution is 0.0217. The van der Waals surface area contributed by atoms with Gasteiger partial charge in [0.25, 0.3) is 0 Å². The molecule has 0 spiro atoms. The second-order valence-electron chi connectivity index (χ2n) is 31.2. The number of anilines is 3. The number of rotatable bonds is 9. The van der Waals surface area contributed by atoms with Crippen LogP contribution in [0, 0.1) is 0 Å². The number of aliphatic hydroxyl groups excluding tert-OH is 1. The number of hydrogen-bond acceptors (Lipinski definition) is 21. The first kappa shape index (κ1) is 74.1. The molecule has 3 fully saturated rings. The highest BCUT2D eigenvalue weighted by molar-refractivity contribution is 6.30. The van der Waals surface area contributed by atoms with E-state index in [2.05, 4.69) is 81.8 Å². The maximum Gasteiger partial charge on any atom is 0.410 e. The van der Waals surface area contributed by atoms with Crippen molar-refractivity contribution in [2.24, 2.45) is 0 Å². The molecule has 107 heavy (non-hydrogen) atoms. The first-order chi connectivity index (χ1) is 51.4. The van der Waals surface area contributed by atoms with Crippen molar-refractivity contribution in [1.29, 1.82) is 0 Å². The molecular formula is C78H98ClN19O9. The average molecular weight is 1480 g/mol. The molecule has 7 aliphatic rings. The number of amides is 3. The molecule has 29 heteroatoms. The second-order valence-corrected chi connectivity index (χ2v) is 31.5. The number of aromatic nitrogens is 12. The average Bonchev–Trinajstić information content (AvgIpc) is 1.75. The number of benzene rings is 2. The molecular weight excluding hydrogens is 1380 g/mol. The largest absolute Gasteiger partial charge is 0.444 e. The van der Waals surface area contributed by atoms with Crippen molar-refractivity contribution in [2.75, 3.05) is 106 Å². The van der Waals surface area contributed by atoms with Crippen LogP contribution in [0.25, 0.3) is 22.6 Å². The zero-order valence-corrected chi connectivity index (χ0v) is 63.5. The van der Waals surface area contributed by atoms with E-state index in [0.29, 0.717) is 103 Å². The molecule has 0 radical (unpaired) electrons. The molecule has 17 rings (SSSR count). The van der Waals surface area contributed by atoms with Crippen molar-refractivity contribution in [3.8, 4) is 0 Å². The molecule has 2 aromatic carbocycles. The molecule has 566 valence electrons. The van der Waals surface area contributed by atoms with Gasteiger partial charge in [0.05, 0.1) is 79.1 Å². The lowest BCUT2D eigenvalue weighted by Gasteiger charge is -2.41. The van der Waals surface area contributed by atoms with Crippen molar-refractivity contribution in [2.45, 2.75) is 162 Å². The molecule has 10 aromatic rings. The Labute approximate surface area is 627 Å². The maximum absolute atomic E-state index is 12.7. The number of nitrogens with zero attached hydrogens (tertiary/aromatic N) is 18. The summed E-state index contributed by atoms with van der Waals surface area (Å²) in [5.41, 5.74) is 13.0. The Balaban J connectivity index is 0.000000121. The third-order valence-corrected chi connectivity index (χ3v) is 20.0. The van der Waals surface area contributed by atoms with E-state index in [1.807, 2.05) is 131 Å². The summed E-state index contributed by atoms with van der Waals surface area (Å²) in [6.45, 7) is 28.4. The van der Waals surface area contributed by atoms with Crippen LogP contribution in [-0.2, 0) is 88.3 Å². The van der Waals surface area contributed by atoms with Gasteiger partial charge in [-0.2, -0.15) is 33.9 Å². The normalized spacial score (nSPS) is 17.2. The topological polar surface area (TPSA) is 270 Å². The summed E-state index contributed by atoms with van der Waals surface area (Å²) in [5.74, 6) is 3.27. The SMILES string of the molecule is CC(C)(C)OC(=O)N1CCc2nc3ccnn3c(Cl)c2CC1.CC(C)(C)OC(=O)N1CCc2nc3ccnn3c(N3CC(O)C3)c2CC1.CC(C)(C)OC(=O)N1CCc2nc3ccnn3c(N3CC(OCc4ccccc4)C3)c2CC1.c1ccc(COC2CN(c3c4c(nc5ccnn35)CCNCC4)C2)cc1. The van der Waals surface area contributed by atoms with Crippen LogP contribution in [0.5, 0.6) is 0 Å². The van der Waals surface area contributed by atoms with Gasteiger partial charge in [-0.25, -0.2) is 38.8 Å². The summed E-state index contributed by atoms with van der Waals surface area (Å²) in [6, 6.07) is 28.3. The van der Waals surface area contributed by atoms with Crippen LogP contribution in [0.15, 0.2) is 110 Å². The van der Waals surface area contributed by atoms with Gasteiger partial charge < -0.3 is 63.5 Å². The fourth-order valence-corrected chi connectivity index (χ4v) is 14.7. The van der Waals surface area contributed by atoms with E-state index in [9.17, 15) is 19.5 Å². The molecule has 0 bridgehead atoms. The van der Waals surface area contributed by atoms with Crippen LogP contribution >= 0.6 is 11.6 Å². The number of carbonyl (C=O) groups is 3. The Kier molecular flexibility index (Phi) is 21.9. The number of carbonyl (C=O) groups excluding carboxylic acids is 3. The van der Waals surface area contributed by atoms with Crippen LogP contribution in [-0.4, -0.2) is 223 Å². The maximum atomic E-state index is 12.7. The van der Waals surface area contributed by atoms with E-state index < -0.39 is 16.8 Å². The highest BCUT2D eigenvalue weighted by Crippen LogP contribution is 2.35. The molecule has 28 nitrogen and oxygen atoms in total. The minimum absolute atomic E-state index is 0.184. The molecule has 0 atom stereocenters. The molecule has 3 saturated heterocycles. The highest BCUT2D eigenvalue weighted by atomic mass is 35.5. The number of fused-ring (bicyclic) bond motifs is 8. The van der Waals surface area contributed by atoms with Crippen LogP contribution < -0.4 is 20.0 Å². The van der Waals surface area contributed by atoms with E-state index in [1.165, 1.54) is 33.8 Å². The van der Waals surface area contributed by atoms with Crippen LogP contribution in [0.3, 0.4) is 0 Å². The third kappa shape index (κ3) is 17.5. The minimum Gasteiger partial charge on any atom is -0.444 e. The predicted octanol–water partition coefficient (Wildman–Crippen LogP) is 9.26. The Morgan fingerprint density at radius 2 is 0.738 bits per heavy atom. The fraction of sp³-hybridized carbons (Fsp3) is 0.500. The van der Waals surface area contributed by atoms with E-state index >= 15 is 0 Å². The van der Waals surface area contributed by atoms with E-state index in [1.54, 1.807) is 37.8 Å². The molecule has 7 aliphatic heterocycles. The number of ether oxygens (including phenoxy) is 5. The zero-order valence-electron chi connectivity index (χ0n) is 62.7. The molecule has 0 aliphatic carbocycles. The van der Waals surface area contributed by atoms with Crippen molar-refractivity contribution in [1.82, 2.24) is 78.4 Å². The summed E-state index contributed by atoms with van der Waals surface area (Å²) in [6.07, 6.45) is 12.5. The number of hydrogen-bond donors (Lipinski definition) is 2. The monoisotopic (exact) mass is 1480 g/mol. The standard InChI is InChI=1S/C25H31N5O3.C20H23N5O.C18H25N5O3.C15H19ClN4O2/c1-25(2,3)33-24(31)28-13-10-20-21(11-14-28)27-22-9-12-26-30(22)23(20)29-15-19(16-29)32-17-18-7-5-4-6-8-18;1-2-4-15(5-3-1)14-26-16-12-24(13-16)20-17-6-9-21-10-7-18(17)23-19-8-11-22-25(19)20;1-18(2,3)26-17(25)21-8-5-13-14(6-9-21)20-15-4-7-19-23(15)16(13)22-10-12(24)11-22;1-15(2,3)22-14(21)19-8-5-10-11(6-9-19)18-12-4-7-17-20(12)13(10)16/h4-9,12,19H,10-11,13-17H2,1-3H3;1-5,8,11,16,21H,6-7,9-10,12-14H2;4,7,12,24H,5-6,8-11H2,1-3H3;4,7H,5-6,8-9H2,1-3H3. The van der Waals surface area contributed by atoms with Gasteiger partial charge in [0.2, 0.25) is 0 Å². The quantitative estimate of drug-likeness (QED) is 0.101. The molecule has 0 saturated carbocycles. The lowest BCUT2D eigenvalue weighted by Crippen LogP contribution is -2.53. The minimum atomic E-state index is -0.507. The first-order valence-electron chi connectivity index (χ1n) is 37.4.